The summed E-state index contributed by atoms with van der Waals surface area (Å²) in [4.78, 5) is 17.1. The van der Waals surface area contributed by atoms with E-state index in [1.807, 2.05) is 20.8 Å². The number of rotatable bonds is 8. The summed E-state index contributed by atoms with van der Waals surface area (Å²) in [6, 6.07) is 2.79. The number of nitrogens with zero attached hydrogens (tertiary/aromatic N) is 1. The Balaban J connectivity index is 1.53. The normalized spacial score (nSPS) is 21.3. The molecular formula is C29H35FN4O5S. The van der Waals surface area contributed by atoms with E-state index in [4.69, 9.17) is 15.2 Å². The van der Waals surface area contributed by atoms with Crippen LogP contribution in [0, 0.1) is 12.7 Å². The number of hydrogen-bond acceptors (Lipinski definition) is 8. The van der Waals surface area contributed by atoms with Crippen LogP contribution in [0.3, 0.4) is 0 Å². The van der Waals surface area contributed by atoms with E-state index in [2.05, 4.69) is 15.6 Å². The van der Waals surface area contributed by atoms with Crippen LogP contribution in [0.4, 0.5) is 4.39 Å². The van der Waals surface area contributed by atoms with Gasteiger partial charge in [0.1, 0.15) is 17.3 Å². The van der Waals surface area contributed by atoms with Crippen LogP contribution >= 0.6 is 0 Å². The van der Waals surface area contributed by atoms with Crippen molar-refractivity contribution in [2.45, 2.75) is 57.4 Å². The first kappa shape index (κ1) is 29.3. The third-order valence-electron chi connectivity index (χ3n) is 6.58. The van der Waals surface area contributed by atoms with Gasteiger partial charge in [0.25, 0.3) is 0 Å². The number of amides is 1. The van der Waals surface area contributed by atoms with Crippen LogP contribution in [-0.2, 0) is 25.8 Å². The standard InChI is InChI=1S/C29H35FN4O5S/c1-18-25(8-5-19(28(18)30)13-27(35)34-20(15-31)16-33-29(2,3)4)39-26-9-11-32-24-7-6-21(14-23(24)26)40(36,37)22-10-12-38-17-22/h5-9,11,14-16,22,24,32H,10,12-13,17,31H2,1-4H3,(H,34,35)/b20-15+,33-16?. The Bertz CT molecular complexity index is 1460. The second-order valence-corrected chi connectivity index (χ2v) is 13.0. The van der Waals surface area contributed by atoms with Crippen molar-refractivity contribution in [2.75, 3.05) is 13.2 Å². The SMILES string of the molecule is Cc1c(OC2=C3C=C(S(=O)(=O)C4CCOC4)C=CC3NC=C2)ccc(CC(=O)N/C(C=NC(C)(C)C)=C/N)c1F. The third-order valence-corrected chi connectivity index (χ3v) is 8.74. The largest absolute Gasteiger partial charge is 0.457 e. The van der Waals surface area contributed by atoms with Crippen LogP contribution < -0.4 is 21.1 Å². The highest BCUT2D eigenvalue weighted by molar-refractivity contribution is 7.96. The van der Waals surface area contributed by atoms with Gasteiger partial charge in [-0.15, -0.1) is 0 Å². The van der Waals surface area contributed by atoms with Gasteiger partial charge in [-0.25, -0.2) is 12.8 Å². The number of dihydropyridines is 1. The molecule has 1 aromatic carbocycles. The average Bonchev–Trinajstić information content (AvgIpc) is 3.46. The molecule has 0 aromatic heterocycles. The molecule has 214 valence electrons. The summed E-state index contributed by atoms with van der Waals surface area (Å²) >= 11 is 0. The van der Waals surface area contributed by atoms with E-state index in [-0.39, 0.29) is 46.4 Å². The second-order valence-electron chi connectivity index (χ2n) is 10.8. The van der Waals surface area contributed by atoms with Gasteiger partial charge in [0.2, 0.25) is 5.91 Å². The molecule has 0 radical (unpaired) electrons. The first-order valence-corrected chi connectivity index (χ1v) is 14.5. The van der Waals surface area contributed by atoms with E-state index in [1.54, 1.807) is 43.5 Å². The van der Waals surface area contributed by atoms with Crippen molar-refractivity contribution >= 4 is 22.0 Å². The van der Waals surface area contributed by atoms with Crippen LogP contribution in [0.5, 0.6) is 5.75 Å². The highest BCUT2D eigenvalue weighted by atomic mass is 32.2. The molecule has 1 aromatic rings. The molecule has 40 heavy (non-hydrogen) atoms. The maximum absolute atomic E-state index is 15.3. The molecular weight excluding hydrogens is 535 g/mol. The first-order chi connectivity index (χ1) is 18.9. The Hall–Kier alpha value is -3.70. The fourth-order valence-electron chi connectivity index (χ4n) is 4.35. The molecule has 2 unspecified atom stereocenters. The van der Waals surface area contributed by atoms with E-state index in [1.165, 1.54) is 18.5 Å². The van der Waals surface area contributed by atoms with E-state index in [9.17, 15) is 13.2 Å². The average molecular weight is 571 g/mol. The molecule has 0 saturated carbocycles. The molecule has 11 heteroatoms. The zero-order chi connectivity index (χ0) is 29.1. The fraction of sp³-hybridized carbons (Fsp3) is 0.379. The molecule has 1 aliphatic carbocycles. The predicted octanol–water partition coefficient (Wildman–Crippen LogP) is 3.24. The maximum atomic E-state index is 15.3. The van der Waals surface area contributed by atoms with Crippen molar-refractivity contribution in [2.24, 2.45) is 10.7 Å². The molecule has 4 rings (SSSR count). The summed E-state index contributed by atoms with van der Waals surface area (Å²) in [5.74, 6) is -0.366. The Morgan fingerprint density at radius 3 is 2.77 bits per heavy atom. The summed E-state index contributed by atoms with van der Waals surface area (Å²) in [7, 11) is -3.57. The number of aliphatic imine (C=N–C) groups is 1. The molecule has 2 heterocycles. The highest BCUT2D eigenvalue weighted by Crippen LogP contribution is 2.32. The molecule has 0 spiro atoms. The maximum Gasteiger partial charge on any atom is 0.228 e. The van der Waals surface area contributed by atoms with Crippen molar-refractivity contribution in [1.29, 1.82) is 0 Å². The molecule has 1 saturated heterocycles. The van der Waals surface area contributed by atoms with Crippen LogP contribution in [0.15, 0.2) is 75.8 Å². The predicted molar refractivity (Wildman–Crippen MR) is 153 cm³/mol. The highest BCUT2D eigenvalue weighted by Gasteiger charge is 2.34. The molecule has 4 N–H and O–H groups in total. The van der Waals surface area contributed by atoms with Crippen LogP contribution in [0.2, 0.25) is 0 Å². The lowest BCUT2D eigenvalue weighted by atomic mass is 9.98. The molecule has 0 bridgehead atoms. The van der Waals surface area contributed by atoms with Gasteiger partial charge in [-0.2, -0.15) is 0 Å². The number of hydrogen-bond donors (Lipinski definition) is 3. The molecule has 9 nitrogen and oxygen atoms in total. The lowest BCUT2D eigenvalue weighted by molar-refractivity contribution is -0.119. The van der Waals surface area contributed by atoms with Crippen molar-refractivity contribution in [3.63, 3.8) is 0 Å². The van der Waals surface area contributed by atoms with Crippen LogP contribution in [-0.4, -0.2) is 50.6 Å². The molecule has 2 aliphatic heterocycles. The number of nitrogens with one attached hydrogen (secondary N) is 2. The van der Waals surface area contributed by atoms with Crippen molar-refractivity contribution in [3.05, 3.63) is 87.7 Å². The van der Waals surface area contributed by atoms with Gasteiger partial charge in [-0.3, -0.25) is 9.79 Å². The van der Waals surface area contributed by atoms with E-state index < -0.39 is 26.8 Å². The number of halogens is 1. The number of carbonyl (C=O) groups is 1. The number of nitrogens with two attached hydrogens (primary N) is 1. The van der Waals surface area contributed by atoms with E-state index >= 15 is 4.39 Å². The zero-order valence-electron chi connectivity index (χ0n) is 23.0. The molecule has 2 atom stereocenters. The Morgan fingerprint density at radius 1 is 1.32 bits per heavy atom. The van der Waals surface area contributed by atoms with Gasteiger partial charge >= 0.3 is 0 Å². The fourth-order valence-corrected chi connectivity index (χ4v) is 5.97. The number of sulfone groups is 1. The summed E-state index contributed by atoms with van der Waals surface area (Å²) in [5.41, 5.74) is 6.59. The summed E-state index contributed by atoms with van der Waals surface area (Å²) < 4.78 is 53.0. The quantitative estimate of drug-likeness (QED) is 0.409. The lowest BCUT2D eigenvalue weighted by Crippen LogP contribution is -2.32. The van der Waals surface area contributed by atoms with Gasteiger partial charge in [0, 0.05) is 36.4 Å². The van der Waals surface area contributed by atoms with Gasteiger partial charge < -0.3 is 25.8 Å². The minimum atomic E-state index is -3.57. The van der Waals surface area contributed by atoms with Crippen molar-refractivity contribution < 1.29 is 27.1 Å². The smallest absolute Gasteiger partial charge is 0.228 e. The van der Waals surface area contributed by atoms with Crippen molar-refractivity contribution in [1.82, 2.24) is 10.6 Å². The summed E-state index contributed by atoms with van der Waals surface area (Å²) in [5, 5.41) is 5.22. The second kappa shape index (κ2) is 11.8. The minimum absolute atomic E-state index is 0.175. The monoisotopic (exact) mass is 570 g/mol. The molecule has 1 fully saturated rings. The number of ether oxygens (including phenoxy) is 2. The number of benzene rings is 1. The van der Waals surface area contributed by atoms with Gasteiger partial charge in [0.15, 0.2) is 9.84 Å². The van der Waals surface area contributed by atoms with Crippen molar-refractivity contribution in [3.8, 4) is 5.75 Å². The number of fused-ring (bicyclic) bond motifs is 1. The zero-order valence-corrected chi connectivity index (χ0v) is 23.8. The topological polar surface area (TPSA) is 132 Å². The first-order valence-electron chi connectivity index (χ1n) is 13.0. The number of carbonyl (C=O) groups excluding carboxylic acids is 1. The van der Waals surface area contributed by atoms with Crippen LogP contribution in [0.1, 0.15) is 38.3 Å². The Morgan fingerprint density at radius 2 is 2.10 bits per heavy atom. The summed E-state index contributed by atoms with van der Waals surface area (Å²) in [6.45, 7) is 7.88. The third kappa shape index (κ3) is 6.71. The van der Waals surface area contributed by atoms with Gasteiger partial charge in [-0.05, 0) is 64.0 Å². The number of allylic oxidation sites excluding steroid dienone is 3. The molecule has 1 amide bonds. The summed E-state index contributed by atoms with van der Waals surface area (Å²) in [6.07, 6.45) is 11.3. The van der Waals surface area contributed by atoms with Gasteiger partial charge in [0.05, 0.1) is 40.5 Å². The van der Waals surface area contributed by atoms with E-state index in [0.29, 0.717) is 30.1 Å². The Labute approximate surface area is 234 Å². The molecule has 3 aliphatic rings. The Kier molecular flexibility index (Phi) is 8.65. The van der Waals surface area contributed by atoms with E-state index in [0.717, 1.165) is 0 Å². The minimum Gasteiger partial charge on any atom is -0.457 e. The lowest BCUT2D eigenvalue weighted by Gasteiger charge is -2.26. The van der Waals surface area contributed by atoms with Crippen LogP contribution in [0.25, 0.3) is 0 Å². The van der Waals surface area contributed by atoms with Gasteiger partial charge in [-0.1, -0.05) is 12.1 Å².